The van der Waals surface area contributed by atoms with Crippen molar-refractivity contribution in [3.05, 3.63) is 85.1 Å². The van der Waals surface area contributed by atoms with Gasteiger partial charge < -0.3 is 24.2 Å². The minimum atomic E-state index is -4.76. The zero-order chi connectivity index (χ0) is 51.3. The Balaban J connectivity index is 4.81. The number of phosphoric acid groups is 1. The highest BCUT2D eigenvalue weighted by atomic mass is 31.2. The van der Waals surface area contributed by atoms with E-state index in [9.17, 15) is 28.9 Å². The Bertz CT molecular complexity index is 1500. The Hall–Kier alpha value is -3.34. The van der Waals surface area contributed by atoms with Crippen LogP contribution in [0.3, 0.4) is 0 Å². The third-order valence-corrected chi connectivity index (χ3v) is 12.3. The molecule has 0 spiro atoms. The van der Waals surface area contributed by atoms with Gasteiger partial charge in [-0.2, -0.15) is 0 Å². The maximum Gasteiger partial charge on any atom is 0.472 e. The van der Waals surface area contributed by atoms with Gasteiger partial charge >= 0.3 is 25.7 Å². The number of carbonyl (C=O) groups excluding carboxylic acids is 3. The van der Waals surface area contributed by atoms with E-state index in [-0.39, 0.29) is 25.9 Å². The average Bonchev–Trinajstić information content (AvgIpc) is 3.35. The summed E-state index contributed by atoms with van der Waals surface area (Å²) >= 11 is 0. The lowest BCUT2D eigenvalue weighted by Crippen LogP contribution is -2.30. The molecule has 0 aliphatic carbocycles. The van der Waals surface area contributed by atoms with E-state index in [1.54, 1.807) is 0 Å². The number of unbranched alkanes of at least 4 members (excludes halogenated alkanes) is 19. The molecule has 0 aromatic rings. The second-order valence-electron chi connectivity index (χ2n) is 18.0. The van der Waals surface area contributed by atoms with Gasteiger partial charge in [0.15, 0.2) is 6.10 Å². The second kappa shape index (κ2) is 52.0. The third-order valence-electron chi connectivity index (χ3n) is 11.3. The number of esters is 3. The summed E-state index contributed by atoms with van der Waals surface area (Å²) in [6.45, 7) is 4.33. The molecule has 0 rings (SSSR count). The number of hydrogen-bond acceptors (Lipinski definition) is 10. The molecule has 0 aromatic heterocycles. The molecule has 70 heavy (non-hydrogen) atoms. The van der Waals surface area contributed by atoms with Crippen molar-refractivity contribution in [2.24, 2.45) is 0 Å². The summed E-state index contributed by atoms with van der Waals surface area (Å²) in [7, 11) is -4.76. The Morgan fingerprint density at radius 2 is 0.743 bits per heavy atom. The second-order valence-corrected chi connectivity index (χ2v) is 19.4. The molecular weight excluding hydrogens is 904 g/mol. The van der Waals surface area contributed by atoms with E-state index in [2.05, 4.69) is 106 Å². The lowest BCUT2D eigenvalue weighted by Gasteiger charge is -2.21. The number of aliphatic hydroxyl groups is 1. The van der Waals surface area contributed by atoms with Gasteiger partial charge in [0, 0.05) is 19.3 Å². The first kappa shape index (κ1) is 66.7. The van der Waals surface area contributed by atoms with Crippen molar-refractivity contribution in [2.45, 2.75) is 238 Å². The van der Waals surface area contributed by atoms with Gasteiger partial charge in [-0.1, -0.05) is 202 Å². The van der Waals surface area contributed by atoms with Gasteiger partial charge in [0.25, 0.3) is 0 Å². The Labute approximate surface area is 426 Å². The standard InChI is InChI=1S/C58H99O11P/c1-4-7-10-13-16-19-22-25-27-30-32-35-38-41-44-47-56(60)65-51-55(69-58(62)49-46-43-40-37-34-31-28-26-23-20-17-14-11-8-5-2)53-67-70(63,64)66-52-54(50-59)68-57(61)48-45-42-39-36-33-29-24-21-18-15-12-9-6-3/h7,9-10,12,16,18-19,21,25,27,29,32-33,35,54-55,59H,4-6,8,11,13-15,17,20,22-24,26,28,30-31,34,36-53H2,1-3H3,(H,63,64)/b10-7-,12-9-,19-16-,21-18-,27-25-,33-29-,35-32-. The predicted molar refractivity (Wildman–Crippen MR) is 288 cm³/mol. The maximum atomic E-state index is 12.9. The van der Waals surface area contributed by atoms with Crippen LogP contribution in [0, 0.1) is 0 Å². The number of phosphoric ester groups is 1. The molecule has 3 atom stereocenters. The molecular formula is C58H99O11P. The van der Waals surface area contributed by atoms with E-state index < -0.39 is 57.8 Å². The van der Waals surface area contributed by atoms with Gasteiger partial charge in [0.2, 0.25) is 0 Å². The van der Waals surface area contributed by atoms with E-state index in [0.717, 1.165) is 96.3 Å². The Morgan fingerprint density at radius 1 is 0.414 bits per heavy atom. The monoisotopic (exact) mass is 1000 g/mol. The van der Waals surface area contributed by atoms with Crippen LogP contribution in [-0.2, 0) is 42.2 Å². The third kappa shape index (κ3) is 49.6. The van der Waals surface area contributed by atoms with Crippen LogP contribution in [-0.4, -0.2) is 66.5 Å². The molecule has 0 saturated carbocycles. The zero-order valence-electron chi connectivity index (χ0n) is 44.2. The number of allylic oxidation sites excluding steroid dienone is 14. The highest BCUT2D eigenvalue weighted by Crippen LogP contribution is 2.43. The van der Waals surface area contributed by atoms with Gasteiger partial charge in [0.05, 0.1) is 19.8 Å². The number of aliphatic hydroxyl groups excluding tert-OH is 1. The van der Waals surface area contributed by atoms with Crippen LogP contribution < -0.4 is 0 Å². The fourth-order valence-corrected chi connectivity index (χ4v) is 7.97. The van der Waals surface area contributed by atoms with Crippen LogP contribution in [0.1, 0.15) is 226 Å². The van der Waals surface area contributed by atoms with Crippen molar-refractivity contribution in [3.8, 4) is 0 Å². The molecule has 0 aliphatic rings. The Morgan fingerprint density at radius 3 is 1.17 bits per heavy atom. The number of ether oxygens (including phenoxy) is 3. The van der Waals surface area contributed by atoms with E-state index in [1.165, 1.54) is 70.6 Å². The number of carbonyl (C=O) groups is 3. The Kier molecular flexibility index (Phi) is 49.5. The summed E-state index contributed by atoms with van der Waals surface area (Å²) in [6, 6.07) is 0. The van der Waals surface area contributed by atoms with Crippen molar-refractivity contribution in [2.75, 3.05) is 26.4 Å². The smallest absolute Gasteiger partial charge is 0.462 e. The first-order valence-corrected chi connectivity index (χ1v) is 29.0. The SMILES string of the molecule is CC/C=C\C/C=C\C/C=C\C/C=C\CCCCC(=O)OCC(COP(=O)(O)OCC(CO)OC(=O)CCCCC/C=C\C/C=C\C/C=C\CC)OC(=O)CCCCCCCCCCCCCCCCC. The number of hydrogen-bond donors (Lipinski definition) is 2. The van der Waals surface area contributed by atoms with Crippen LogP contribution in [0.2, 0.25) is 0 Å². The molecule has 0 amide bonds. The minimum Gasteiger partial charge on any atom is -0.462 e. The molecule has 2 N–H and O–H groups in total. The fraction of sp³-hybridized carbons (Fsp3) is 0.707. The highest BCUT2D eigenvalue weighted by molar-refractivity contribution is 7.47. The van der Waals surface area contributed by atoms with Crippen molar-refractivity contribution in [1.29, 1.82) is 0 Å². The minimum absolute atomic E-state index is 0.137. The van der Waals surface area contributed by atoms with Crippen LogP contribution in [0.5, 0.6) is 0 Å². The molecule has 0 bridgehead atoms. The summed E-state index contributed by atoms with van der Waals surface area (Å²) < 4.78 is 39.4. The number of rotatable bonds is 50. The quantitative estimate of drug-likeness (QED) is 0.0197. The van der Waals surface area contributed by atoms with Gasteiger partial charge in [-0.3, -0.25) is 23.4 Å². The van der Waals surface area contributed by atoms with Gasteiger partial charge in [-0.05, 0) is 89.9 Å². The lowest BCUT2D eigenvalue weighted by molar-refractivity contribution is -0.161. The molecule has 0 aromatic carbocycles. The average molecular weight is 1000 g/mol. The normalized spacial score (nSPS) is 14.1. The molecule has 3 unspecified atom stereocenters. The summed E-state index contributed by atoms with van der Waals surface area (Å²) in [5.74, 6) is -1.54. The van der Waals surface area contributed by atoms with E-state index in [1.807, 2.05) is 0 Å². The zero-order valence-corrected chi connectivity index (χ0v) is 45.1. The van der Waals surface area contributed by atoms with E-state index >= 15 is 0 Å². The fourth-order valence-electron chi connectivity index (χ4n) is 7.18. The molecule has 402 valence electrons. The van der Waals surface area contributed by atoms with Gasteiger partial charge in [-0.25, -0.2) is 4.57 Å². The summed E-state index contributed by atoms with van der Waals surface area (Å²) in [5.41, 5.74) is 0. The van der Waals surface area contributed by atoms with Crippen LogP contribution in [0.15, 0.2) is 85.1 Å². The molecule has 0 saturated heterocycles. The summed E-state index contributed by atoms with van der Waals surface area (Å²) in [6.07, 6.45) is 58.4. The van der Waals surface area contributed by atoms with E-state index in [4.69, 9.17) is 23.3 Å². The summed E-state index contributed by atoms with van der Waals surface area (Å²) in [4.78, 5) is 48.4. The van der Waals surface area contributed by atoms with E-state index in [0.29, 0.717) is 19.3 Å². The van der Waals surface area contributed by atoms with Crippen molar-refractivity contribution in [1.82, 2.24) is 0 Å². The first-order valence-electron chi connectivity index (χ1n) is 27.5. The molecule has 0 aliphatic heterocycles. The molecule has 0 fully saturated rings. The predicted octanol–water partition coefficient (Wildman–Crippen LogP) is 15.9. The maximum absolute atomic E-state index is 12.9. The van der Waals surface area contributed by atoms with Crippen LogP contribution in [0.4, 0.5) is 0 Å². The molecule has 12 heteroatoms. The largest absolute Gasteiger partial charge is 0.472 e. The van der Waals surface area contributed by atoms with Crippen molar-refractivity contribution in [3.63, 3.8) is 0 Å². The highest BCUT2D eigenvalue weighted by Gasteiger charge is 2.28. The van der Waals surface area contributed by atoms with Crippen molar-refractivity contribution >= 4 is 25.7 Å². The summed E-state index contributed by atoms with van der Waals surface area (Å²) in [5, 5.41) is 9.78. The van der Waals surface area contributed by atoms with Crippen LogP contribution in [0.25, 0.3) is 0 Å². The molecule has 11 nitrogen and oxygen atoms in total. The van der Waals surface area contributed by atoms with Gasteiger partial charge in [-0.15, -0.1) is 0 Å². The molecule has 0 radical (unpaired) electrons. The van der Waals surface area contributed by atoms with Crippen molar-refractivity contribution < 1.29 is 52.2 Å². The lowest BCUT2D eigenvalue weighted by atomic mass is 10.0. The van der Waals surface area contributed by atoms with Crippen LogP contribution >= 0.6 is 7.82 Å². The van der Waals surface area contributed by atoms with Gasteiger partial charge in [0.1, 0.15) is 12.7 Å². The first-order chi connectivity index (χ1) is 34.2. The molecule has 0 heterocycles. The topological polar surface area (TPSA) is 155 Å².